The Bertz CT molecular complexity index is 466. The van der Waals surface area contributed by atoms with Crippen LogP contribution in [-0.2, 0) is 11.2 Å². The van der Waals surface area contributed by atoms with E-state index in [1.54, 1.807) is 20.8 Å². The summed E-state index contributed by atoms with van der Waals surface area (Å²) in [5.41, 5.74) is 1.37. The average Bonchev–Trinajstić information content (AvgIpc) is 2.34. The minimum absolute atomic E-state index is 0.573. The number of amides is 1. The van der Waals surface area contributed by atoms with Gasteiger partial charge in [0, 0.05) is 0 Å². The Kier molecular flexibility index (Phi) is 4.94. The summed E-state index contributed by atoms with van der Waals surface area (Å²) in [7, 11) is 0. The molecule has 0 bridgehead atoms. The zero-order valence-corrected chi connectivity index (χ0v) is 11.9. The third-order valence-electron chi connectivity index (χ3n) is 2.51. The van der Waals surface area contributed by atoms with Crippen molar-refractivity contribution < 1.29 is 9.53 Å². The number of alkyl carbamates (subject to hydrolysis) is 1. The van der Waals surface area contributed by atoms with Crippen molar-refractivity contribution in [1.29, 1.82) is 5.26 Å². The van der Waals surface area contributed by atoms with Gasteiger partial charge in [0.05, 0.1) is 6.07 Å². The molecule has 4 heteroatoms. The Hall–Kier alpha value is -2.02. The van der Waals surface area contributed by atoms with Gasteiger partial charge in [-0.05, 0) is 38.3 Å². The highest BCUT2D eigenvalue weighted by Crippen LogP contribution is 2.15. The van der Waals surface area contributed by atoms with Gasteiger partial charge in [-0.3, -0.25) is 0 Å². The van der Waals surface area contributed by atoms with Gasteiger partial charge in [-0.15, -0.1) is 0 Å². The van der Waals surface area contributed by atoms with E-state index >= 15 is 0 Å². The predicted octanol–water partition coefficient (Wildman–Crippen LogP) is 3.34. The fourth-order valence-electron chi connectivity index (χ4n) is 1.56. The molecular formula is C15H20N2O2. The molecule has 1 amide bonds. The first-order chi connectivity index (χ1) is 8.85. The Labute approximate surface area is 114 Å². The summed E-state index contributed by atoms with van der Waals surface area (Å²) in [6, 6.07) is 8.98. The summed E-state index contributed by atoms with van der Waals surface area (Å²) in [5, 5.41) is 11.7. The van der Waals surface area contributed by atoms with Crippen LogP contribution in [0.4, 0.5) is 4.79 Å². The molecular weight excluding hydrogens is 240 g/mol. The van der Waals surface area contributed by atoms with E-state index in [9.17, 15) is 4.79 Å². The normalized spacial score (nSPS) is 12.4. The second-order valence-corrected chi connectivity index (χ2v) is 5.30. The number of rotatable bonds is 3. The van der Waals surface area contributed by atoms with Gasteiger partial charge in [0.25, 0.3) is 0 Å². The molecule has 0 spiro atoms. The highest BCUT2D eigenvalue weighted by Gasteiger charge is 2.20. The van der Waals surface area contributed by atoms with E-state index in [4.69, 9.17) is 10.00 Å². The van der Waals surface area contributed by atoms with E-state index in [2.05, 4.69) is 18.3 Å². The smallest absolute Gasteiger partial charge is 0.408 e. The molecule has 102 valence electrons. The first kappa shape index (κ1) is 15.0. The van der Waals surface area contributed by atoms with Gasteiger partial charge in [0.1, 0.15) is 11.6 Å². The number of aryl methyl sites for hydroxylation is 1. The molecule has 0 heterocycles. The zero-order valence-electron chi connectivity index (χ0n) is 11.9. The second kappa shape index (κ2) is 6.24. The lowest BCUT2D eigenvalue weighted by molar-refractivity contribution is 0.0515. The molecule has 0 aromatic heterocycles. The fraction of sp³-hybridized carbons (Fsp3) is 0.467. The van der Waals surface area contributed by atoms with Crippen LogP contribution in [-0.4, -0.2) is 11.7 Å². The second-order valence-electron chi connectivity index (χ2n) is 5.30. The molecule has 1 aromatic rings. The number of hydrogen-bond acceptors (Lipinski definition) is 3. The van der Waals surface area contributed by atoms with Crippen LogP contribution in [0.25, 0.3) is 0 Å². The van der Waals surface area contributed by atoms with Gasteiger partial charge in [-0.1, -0.05) is 31.2 Å². The van der Waals surface area contributed by atoms with Crippen LogP contribution in [0.3, 0.4) is 0 Å². The standard InChI is InChI=1S/C15H20N2O2/c1-5-11-6-8-12(9-7-11)13(10-16)17-14(18)19-15(2,3)4/h6-9,13H,5H2,1-4H3,(H,17,18). The minimum atomic E-state index is -0.694. The zero-order chi connectivity index (χ0) is 14.5. The third kappa shape index (κ3) is 5.01. The summed E-state index contributed by atoms with van der Waals surface area (Å²) in [6.45, 7) is 7.41. The third-order valence-corrected chi connectivity index (χ3v) is 2.51. The molecule has 0 aliphatic heterocycles. The quantitative estimate of drug-likeness (QED) is 0.906. The summed E-state index contributed by atoms with van der Waals surface area (Å²) in [5.74, 6) is 0. The van der Waals surface area contributed by atoms with E-state index in [0.29, 0.717) is 0 Å². The monoisotopic (exact) mass is 260 g/mol. The molecule has 1 N–H and O–H groups in total. The van der Waals surface area contributed by atoms with Crippen LogP contribution in [0.5, 0.6) is 0 Å². The Morgan fingerprint density at radius 2 is 1.95 bits per heavy atom. The molecule has 0 fully saturated rings. The average molecular weight is 260 g/mol. The van der Waals surface area contributed by atoms with Crippen LogP contribution < -0.4 is 5.32 Å². The van der Waals surface area contributed by atoms with Crippen molar-refractivity contribution in [1.82, 2.24) is 5.32 Å². The molecule has 0 saturated heterocycles. The number of ether oxygens (including phenoxy) is 1. The van der Waals surface area contributed by atoms with Gasteiger partial charge in [0.15, 0.2) is 0 Å². The predicted molar refractivity (Wildman–Crippen MR) is 73.5 cm³/mol. The number of hydrogen-bond donors (Lipinski definition) is 1. The van der Waals surface area contributed by atoms with Crippen molar-refractivity contribution in [3.05, 3.63) is 35.4 Å². The molecule has 1 aromatic carbocycles. The summed E-state index contributed by atoms with van der Waals surface area (Å²) in [4.78, 5) is 11.6. The number of benzene rings is 1. The maximum Gasteiger partial charge on any atom is 0.408 e. The van der Waals surface area contributed by atoms with E-state index < -0.39 is 17.7 Å². The lowest BCUT2D eigenvalue weighted by Gasteiger charge is -2.21. The molecule has 1 atom stereocenters. The molecule has 0 aliphatic rings. The first-order valence-electron chi connectivity index (χ1n) is 6.33. The van der Waals surface area contributed by atoms with Crippen LogP contribution >= 0.6 is 0 Å². The van der Waals surface area contributed by atoms with Gasteiger partial charge in [-0.25, -0.2) is 4.79 Å². The summed E-state index contributed by atoms with van der Waals surface area (Å²) < 4.78 is 5.14. The van der Waals surface area contributed by atoms with Crippen molar-refractivity contribution in [3.8, 4) is 6.07 Å². The number of nitrogens with one attached hydrogen (secondary N) is 1. The summed E-state index contributed by atoms with van der Waals surface area (Å²) in [6.07, 6.45) is 0.357. The number of nitrogens with zero attached hydrogens (tertiary/aromatic N) is 1. The van der Waals surface area contributed by atoms with Crippen molar-refractivity contribution in [2.24, 2.45) is 0 Å². The van der Waals surface area contributed by atoms with Gasteiger partial charge < -0.3 is 10.1 Å². The lowest BCUT2D eigenvalue weighted by Crippen LogP contribution is -2.34. The topological polar surface area (TPSA) is 62.1 Å². The highest BCUT2D eigenvalue weighted by molar-refractivity contribution is 5.69. The molecule has 1 unspecified atom stereocenters. The summed E-state index contributed by atoms with van der Waals surface area (Å²) >= 11 is 0. The van der Waals surface area contributed by atoms with Crippen molar-refractivity contribution in [3.63, 3.8) is 0 Å². The van der Waals surface area contributed by atoms with Gasteiger partial charge >= 0.3 is 6.09 Å². The van der Waals surface area contributed by atoms with Crippen LogP contribution in [0.2, 0.25) is 0 Å². The van der Waals surface area contributed by atoms with E-state index in [0.717, 1.165) is 12.0 Å². The Morgan fingerprint density at radius 3 is 2.37 bits per heavy atom. The van der Waals surface area contributed by atoms with Crippen molar-refractivity contribution in [2.75, 3.05) is 0 Å². The van der Waals surface area contributed by atoms with Gasteiger partial charge in [-0.2, -0.15) is 5.26 Å². The van der Waals surface area contributed by atoms with Crippen LogP contribution in [0, 0.1) is 11.3 Å². The van der Waals surface area contributed by atoms with E-state index in [1.807, 2.05) is 24.3 Å². The van der Waals surface area contributed by atoms with Crippen LogP contribution in [0.15, 0.2) is 24.3 Å². The lowest BCUT2D eigenvalue weighted by atomic mass is 10.0. The fourth-order valence-corrected chi connectivity index (χ4v) is 1.56. The molecule has 1 rings (SSSR count). The molecule has 4 nitrogen and oxygen atoms in total. The molecule has 0 aliphatic carbocycles. The first-order valence-corrected chi connectivity index (χ1v) is 6.33. The maximum absolute atomic E-state index is 11.6. The van der Waals surface area contributed by atoms with Gasteiger partial charge in [0.2, 0.25) is 0 Å². The number of carbonyl (C=O) groups excluding carboxylic acids is 1. The Balaban J connectivity index is 2.73. The van der Waals surface area contributed by atoms with E-state index in [1.165, 1.54) is 5.56 Å². The van der Waals surface area contributed by atoms with Crippen LogP contribution in [0.1, 0.15) is 44.9 Å². The number of nitriles is 1. The van der Waals surface area contributed by atoms with Crippen molar-refractivity contribution in [2.45, 2.75) is 45.8 Å². The van der Waals surface area contributed by atoms with Crippen molar-refractivity contribution >= 4 is 6.09 Å². The number of carbonyl (C=O) groups is 1. The minimum Gasteiger partial charge on any atom is -0.444 e. The molecule has 0 radical (unpaired) electrons. The Morgan fingerprint density at radius 1 is 1.37 bits per heavy atom. The molecule has 0 saturated carbocycles. The maximum atomic E-state index is 11.6. The molecule has 19 heavy (non-hydrogen) atoms. The van der Waals surface area contributed by atoms with E-state index in [-0.39, 0.29) is 0 Å². The SMILES string of the molecule is CCc1ccc(C(C#N)NC(=O)OC(C)(C)C)cc1. The largest absolute Gasteiger partial charge is 0.444 e. The highest BCUT2D eigenvalue weighted by atomic mass is 16.6.